The molecule has 0 N–H and O–H groups in total. The number of rotatable bonds is 3. The van der Waals surface area contributed by atoms with Crippen LogP contribution in [0, 0.1) is 11.3 Å². The number of carbonyl (C=O) groups excluding carboxylic acids is 1. The number of ether oxygens (including phenoxy) is 1. The molecule has 2 nitrogen and oxygen atoms in total. The van der Waals surface area contributed by atoms with Crippen molar-refractivity contribution in [3.63, 3.8) is 0 Å². The second-order valence-electron chi connectivity index (χ2n) is 4.70. The molecule has 0 bridgehead atoms. The SMILES string of the molecule is COC(=O)C=CC[C@@H]1CC=C(C)C1(C)C. The zero-order valence-electron chi connectivity index (χ0n) is 10.0. The van der Waals surface area contributed by atoms with Crippen LogP contribution in [0.1, 0.15) is 33.6 Å². The lowest BCUT2D eigenvalue weighted by molar-refractivity contribution is -0.134. The summed E-state index contributed by atoms with van der Waals surface area (Å²) >= 11 is 0. The molecule has 1 rings (SSSR count). The summed E-state index contributed by atoms with van der Waals surface area (Å²) in [6.45, 7) is 6.72. The summed E-state index contributed by atoms with van der Waals surface area (Å²) in [4.78, 5) is 10.9. The van der Waals surface area contributed by atoms with E-state index in [9.17, 15) is 4.79 Å². The Morgan fingerprint density at radius 2 is 2.33 bits per heavy atom. The van der Waals surface area contributed by atoms with Crippen LogP contribution in [0.4, 0.5) is 0 Å². The van der Waals surface area contributed by atoms with Crippen LogP contribution in [0.15, 0.2) is 23.8 Å². The maximum Gasteiger partial charge on any atom is 0.330 e. The summed E-state index contributed by atoms with van der Waals surface area (Å²) < 4.78 is 4.55. The van der Waals surface area contributed by atoms with Crippen LogP contribution < -0.4 is 0 Å². The van der Waals surface area contributed by atoms with E-state index in [0.29, 0.717) is 5.92 Å². The molecular formula is C13H20O2. The fourth-order valence-corrected chi connectivity index (χ4v) is 1.99. The van der Waals surface area contributed by atoms with Crippen molar-refractivity contribution in [2.24, 2.45) is 11.3 Å². The van der Waals surface area contributed by atoms with Crippen molar-refractivity contribution in [1.82, 2.24) is 0 Å². The van der Waals surface area contributed by atoms with Crippen molar-refractivity contribution < 1.29 is 9.53 Å². The minimum Gasteiger partial charge on any atom is -0.466 e. The average Bonchev–Trinajstić information content (AvgIpc) is 2.44. The number of carbonyl (C=O) groups is 1. The van der Waals surface area contributed by atoms with Crippen LogP contribution in [-0.4, -0.2) is 13.1 Å². The van der Waals surface area contributed by atoms with Gasteiger partial charge in [-0.05, 0) is 31.1 Å². The summed E-state index contributed by atoms with van der Waals surface area (Å²) in [5, 5.41) is 0. The Kier molecular flexibility index (Phi) is 3.72. The fraction of sp³-hybridized carbons (Fsp3) is 0.615. The molecule has 0 aromatic heterocycles. The minimum atomic E-state index is -0.268. The van der Waals surface area contributed by atoms with Crippen molar-refractivity contribution in [3.8, 4) is 0 Å². The van der Waals surface area contributed by atoms with Crippen LogP contribution in [-0.2, 0) is 9.53 Å². The van der Waals surface area contributed by atoms with Crippen molar-refractivity contribution in [3.05, 3.63) is 23.8 Å². The van der Waals surface area contributed by atoms with Crippen LogP contribution in [0.3, 0.4) is 0 Å². The molecule has 0 aromatic carbocycles. The molecule has 0 aliphatic heterocycles. The lowest BCUT2D eigenvalue weighted by atomic mass is 9.76. The highest BCUT2D eigenvalue weighted by Crippen LogP contribution is 2.44. The predicted molar refractivity (Wildman–Crippen MR) is 61.4 cm³/mol. The Morgan fingerprint density at radius 3 is 2.80 bits per heavy atom. The van der Waals surface area contributed by atoms with E-state index >= 15 is 0 Å². The molecule has 15 heavy (non-hydrogen) atoms. The average molecular weight is 208 g/mol. The van der Waals surface area contributed by atoms with Gasteiger partial charge in [-0.3, -0.25) is 0 Å². The van der Waals surface area contributed by atoms with E-state index in [4.69, 9.17) is 0 Å². The molecule has 0 amide bonds. The first-order valence-electron chi connectivity index (χ1n) is 5.40. The van der Waals surface area contributed by atoms with E-state index < -0.39 is 0 Å². The number of allylic oxidation sites excluding steroid dienone is 3. The summed E-state index contributed by atoms with van der Waals surface area (Å²) in [6, 6.07) is 0. The van der Waals surface area contributed by atoms with Gasteiger partial charge in [-0.15, -0.1) is 0 Å². The van der Waals surface area contributed by atoms with Gasteiger partial charge in [0.2, 0.25) is 0 Å². The summed E-state index contributed by atoms with van der Waals surface area (Å²) in [5.74, 6) is 0.342. The van der Waals surface area contributed by atoms with E-state index in [0.717, 1.165) is 12.8 Å². The standard InChI is InChI=1S/C13H20O2/c1-10-8-9-11(13(10,2)3)6-5-7-12(14)15-4/h5,7-8,11H,6,9H2,1-4H3/t11-/m1/s1. The minimum absolute atomic E-state index is 0.264. The molecule has 0 saturated carbocycles. The van der Waals surface area contributed by atoms with Crippen LogP contribution in [0.5, 0.6) is 0 Å². The van der Waals surface area contributed by atoms with Crippen LogP contribution in [0.2, 0.25) is 0 Å². The van der Waals surface area contributed by atoms with E-state index in [2.05, 4.69) is 31.6 Å². The van der Waals surface area contributed by atoms with Crippen molar-refractivity contribution >= 4 is 5.97 Å². The molecule has 0 heterocycles. The van der Waals surface area contributed by atoms with Gasteiger partial charge in [0, 0.05) is 6.08 Å². The summed E-state index contributed by atoms with van der Waals surface area (Å²) in [5.41, 5.74) is 1.72. The second kappa shape index (κ2) is 4.65. The molecular weight excluding hydrogens is 188 g/mol. The van der Waals surface area contributed by atoms with E-state index in [1.807, 2.05) is 6.08 Å². The lowest BCUT2D eigenvalue weighted by Crippen LogP contribution is -2.19. The molecule has 0 spiro atoms. The number of esters is 1. The Bertz CT molecular complexity index is 298. The van der Waals surface area contributed by atoms with Gasteiger partial charge in [0.25, 0.3) is 0 Å². The third-order valence-corrected chi connectivity index (χ3v) is 3.62. The van der Waals surface area contributed by atoms with Gasteiger partial charge in [-0.1, -0.05) is 31.6 Å². The Balaban J connectivity index is 2.49. The Morgan fingerprint density at radius 1 is 1.67 bits per heavy atom. The largest absolute Gasteiger partial charge is 0.466 e. The molecule has 0 unspecified atom stereocenters. The zero-order chi connectivity index (χ0) is 11.5. The van der Waals surface area contributed by atoms with Crippen LogP contribution >= 0.6 is 0 Å². The number of methoxy groups -OCH3 is 1. The maximum absolute atomic E-state index is 10.9. The number of hydrogen-bond donors (Lipinski definition) is 0. The number of hydrogen-bond acceptors (Lipinski definition) is 2. The lowest BCUT2D eigenvalue weighted by Gasteiger charge is -2.28. The quantitative estimate of drug-likeness (QED) is 0.405. The smallest absolute Gasteiger partial charge is 0.330 e. The first kappa shape index (κ1) is 12.0. The van der Waals surface area contributed by atoms with Gasteiger partial charge < -0.3 is 4.74 Å². The van der Waals surface area contributed by atoms with Gasteiger partial charge in [0.15, 0.2) is 0 Å². The summed E-state index contributed by atoms with van der Waals surface area (Å²) in [6.07, 6.45) is 7.80. The Hall–Kier alpha value is -1.05. The molecule has 1 aliphatic rings. The predicted octanol–water partition coefficient (Wildman–Crippen LogP) is 3.10. The topological polar surface area (TPSA) is 26.3 Å². The highest BCUT2D eigenvalue weighted by molar-refractivity contribution is 5.81. The molecule has 2 heteroatoms. The third-order valence-electron chi connectivity index (χ3n) is 3.62. The second-order valence-corrected chi connectivity index (χ2v) is 4.70. The Labute approximate surface area is 92.0 Å². The van der Waals surface area contributed by atoms with Gasteiger partial charge in [0.1, 0.15) is 0 Å². The van der Waals surface area contributed by atoms with Crippen molar-refractivity contribution in [2.45, 2.75) is 33.6 Å². The molecule has 0 aromatic rings. The third kappa shape index (κ3) is 2.71. The highest BCUT2D eigenvalue weighted by atomic mass is 16.5. The molecule has 0 radical (unpaired) electrons. The van der Waals surface area contributed by atoms with E-state index in [1.165, 1.54) is 18.8 Å². The summed E-state index contributed by atoms with van der Waals surface area (Å²) in [7, 11) is 1.40. The van der Waals surface area contributed by atoms with Gasteiger partial charge in [-0.25, -0.2) is 4.79 Å². The van der Waals surface area contributed by atoms with Crippen molar-refractivity contribution in [2.75, 3.05) is 7.11 Å². The van der Waals surface area contributed by atoms with Gasteiger partial charge >= 0.3 is 5.97 Å². The van der Waals surface area contributed by atoms with E-state index in [1.54, 1.807) is 0 Å². The van der Waals surface area contributed by atoms with E-state index in [-0.39, 0.29) is 11.4 Å². The fourth-order valence-electron chi connectivity index (χ4n) is 1.99. The van der Waals surface area contributed by atoms with Gasteiger partial charge in [-0.2, -0.15) is 0 Å². The first-order chi connectivity index (χ1) is 6.98. The monoisotopic (exact) mass is 208 g/mol. The van der Waals surface area contributed by atoms with Crippen LogP contribution in [0.25, 0.3) is 0 Å². The highest BCUT2D eigenvalue weighted by Gasteiger charge is 2.33. The molecule has 1 aliphatic carbocycles. The maximum atomic E-state index is 10.9. The molecule has 0 saturated heterocycles. The normalized spacial score (nSPS) is 24.3. The zero-order valence-corrected chi connectivity index (χ0v) is 10.0. The van der Waals surface area contributed by atoms with Gasteiger partial charge in [0.05, 0.1) is 7.11 Å². The molecule has 84 valence electrons. The molecule has 1 atom stereocenters. The first-order valence-corrected chi connectivity index (χ1v) is 5.40. The molecule has 0 fully saturated rings. The van der Waals surface area contributed by atoms with Crippen molar-refractivity contribution in [1.29, 1.82) is 0 Å².